The number of aromatic nitrogens is 2. The predicted molar refractivity (Wildman–Crippen MR) is 126 cm³/mol. The van der Waals surface area contributed by atoms with E-state index in [4.69, 9.17) is 0 Å². The zero-order chi connectivity index (χ0) is 21.5. The summed E-state index contributed by atoms with van der Waals surface area (Å²) in [5, 5.41) is 14.8. The fourth-order valence-corrected chi connectivity index (χ4v) is 4.64. The van der Waals surface area contributed by atoms with Crippen molar-refractivity contribution in [3.8, 4) is 6.07 Å². The predicted octanol–water partition coefficient (Wildman–Crippen LogP) is 5.39. The van der Waals surface area contributed by atoms with Gasteiger partial charge in [-0.1, -0.05) is 75.5 Å². The highest BCUT2D eigenvalue weighted by molar-refractivity contribution is 7.99. The van der Waals surface area contributed by atoms with Gasteiger partial charge in [-0.15, -0.1) is 0 Å². The van der Waals surface area contributed by atoms with Crippen molar-refractivity contribution >= 4 is 34.7 Å². The minimum atomic E-state index is 0.132. The summed E-state index contributed by atoms with van der Waals surface area (Å²) in [6, 6.07) is 21.3. The average Bonchev–Trinajstić information content (AvgIpc) is 3.23. The Bertz CT molecular complexity index is 1370. The monoisotopic (exact) mass is 411 g/mol. The van der Waals surface area contributed by atoms with Crippen LogP contribution in [0, 0.1) is 18.3 Å². The maximum Gasteiger partial charge on any atom is 0.104 e. The Balaban J connectivity index is 1.84. The summed E-state index contributed by atoms with van der Waals surface area (Å²) in [5.74, 6) is 0. The van der Waals surface area contributed by atoms with Gasteiger partial charge in [0, 0.05) is 21.0 Å². The lowest BCUT2D eigenvalue weighted by Gasteiger charge is -2.19. The lowest BCUT2D eigenvalue weighted by molar-refractivity contribution is 0.590. The molecule has 2 aromatic heterocycles. The van der Waals surface area contributed by atoms with Gasteiger partial charge < -0.3 is 9.97 Å². The number of nitriles is 1. The highest BCUT2D eigenvalue weighted by atomic mass is 32.2. The molecule has 4 aromatic rings. The van der Waals surface area contributed by atoms with E-state index in [0.29, 0.717) is 5.57 Å². The van der Waals surface area contributed by atoms with Crippen LogP contribution in [0.3, 0.4) is 0 Å². The van der Waals surface area contributed by atoms with Crippen LogP contribution in [-0.4, -0.2) is 9.97 Å². The number of aryl methyl sites for hydroxylation is 1. The van der Waals surface area contributed by atoms with E-state index >= 15 is 0 Å². The largest absolute Gasteiger partial charge is 0.355 e. The molecule has 0 aliphatic carbocycles. The van der Waals surface area contributed by atoms with Crippen molar-refractivity contribution in [2.75, 3.05) is 0 Å². The molecular weight excluding hydrogens is 386 g/mol. The summed E-state index contributed by atoms with van der Waals surface area (Å²) >= 11 is 1.69. The average molecular weight is 412 g/mol. The van der Waals surface area contributed by atoms with Crippen LogP contribution in [0.25, 0.3) is 22.9 Å². The first-order valence-electron chi connectivity index (χ1n) is 9.96. The number of nitrogens with zero attached hydrogens (tertiary/aromatic N) is 1. The maximum atomic E-state index is 9.98. The van der Waals surface area contributed by atoms with Crippen LogP contribution in [0.2, 0.25) is 0 Å². The second-order valence-electron chi connectivity index (χ2n) is 8.59. The van der Waals surface area contributed by atoms with Gasteiger partial charge in [-0.3, -0.25) is 0 Å². The number of benzene rings is 2. The Kier molecular flexibility index (Phi) is 5.09. The van der Waals surface area contributed by atoms with Gasteiger partial charge in [0.2, 0.25) is 0 Å². The quantitative estimate of drug-likeness (QED) is 0.475. The number of nitrogens with one attached hydrogen (secondary N) is 2. The number of rotatable bonds is 3. The molecule has 0 amide bonds. The molecule has 0 bridgehead atoms. The molecule has 2 heterocycles. The number of hydrogen-bond acceptors (Lipinski definition) is 2. The molecule has 0 radical (unpaired) electrons. The normalized spacial score (nSPS) is 12.8. The zero-order valence-electron chi connectivity index (χ0n) is 17.8. The summed E-state index contributed by atoms with van der Waals surface area (Å²) in [4.78, 5) is 7.94. The molecule has 150 valence electrons. The van der Waals surface area contributed by atoms with E-state index in [1.165, 1.54) is 5.56 Å². The van der Waals surface area contributed by atoms with Crippen LogP contribution < -0.4 is 10.7 Å². The SMILES string of the molecule is C=c1cc(C)c(=C(C#N)c2[nH]c(Sc3ccc(C(C)(C)C)cc3)c3ccccc23)[nH]1. The van der Waals surface area contributed by atoms with Gasteiger partial charge in [0.25, 0.3) is 0 Å². The lowest BCUT2D eigenvalue weighted by Crippen LogP contribution is -2.14. The molecule has 0 atom stereocenters. The van der Waals surface area contributed by atoms with E-state index in [2.05, 4.69) is 79.8 Å². The van der Waals surface area contributed by atoms with Gasteiger partial charge >= 0.3 is 0 Å². The third-order valence-electron chi connectivity index (χ3n) is 5.30. The van der Waals surface area contributed by atoms with Crippen molar-refractivity contribution in [3.05, 3.63) is 82.1 Å². The minimum Gasteiger partial charge on any atom is -0.355 e. The third kappa shape index (κ3) is 3.69. The van der Waals surface area contributed by atoms with E-state index in [1.807, 2.05) is 25.1 Å². The Hall–Kier alpha value is -3.16. The van der Waals surface area contributed by atoms with Gasteiger partial charge in [0.1, 0.15) is 6.07 Å². The van der Waals surface area contributed by atoms with Crippen LogP contribution in [0.15, 0.2) is 64.5 Å². The van der Waals surface area contributed by atoms with E-state index < -0.39 is 0 Å². The molecule has 30 heavy (non-hydrogen) atoms. The van der Waals surface area contributed by atoms with Crippen LogP contribution in [-0.2, 0) is 5.41 Å². The summed E-state index contributed by atoms with van der Waals surface area (Å²) < 4.78 is 0. The molecule has 0 fully saturated rings. The smallest absolute Gasteiger partial charge is 0.104 e. The van der Waals surface area contributed by atoms with Crippen LogP contribution >= 0.6 is 11.8 Å². The molecule has 0 spiro atoms. The molecule has 0 saturated heterocycles. The van der Waals surface area contributed by atoms with Crippen molar-refractivity contribution in [3.63, 3.8) is 0 Å². The lowest BCUT2D eigenvalue weighted by atomic mass is 9.87. The van der Waals surface area contributed by atoms with Gasteiger partial charge in [-0.2, -0.15) is 5.26 Å². The van der Waals surface area contributed by atoms with E-state index in [0.717, 1.165) is 42.6 Å². The van der Waals surface area contributed by atoms with E-state index in [-0.39, 0.29) is 5.41 Å². The minimum absolute atomic E-state index is 0.132. The number of fused-ring (bicyclic) bond motifs is 1. The molecule has 2 aromatic carbocycles. The van der Waals surface area contributed by atoms with Crippen molar-refractivity contribution in [2.45, 2.75) is 43.0 Å². The van der Waals surface area contributed by atoms with Crippen molar-refractivity contribution < 1.29 is 0 Å². The maximum absolute atomic E-state index is 9.98. The third-order valence-corrected chi connectivity index (χ3v) is 6.34. The Labute approximate surface area is 181 Å². The summed E-state index contributed by atoms with van der Waals surface area (Å²) in [6.07, 6.45) is 0. The van der Waals surface area contributed by atoms with Crippen LogP contribution in [0.4, 0.5) is 0 Å². The fourth-order valence-electron chi connectivity index (χ4n) is 3.69. The van der Waals surface area contributed by atoms with Crippen molar-refractivity contribution in [1.29, 1.82) is 5.26 Å². The fraction of sp³-hybridized carbons (Fsp3) is 0.192. The summed E-state index contributed by atoms with van der Waals surface area (Å²) in [7, 11) is 0. The standard InChI is InChI=1S/C26H25N3S/c1-16-14-17(2)28-23(16)22(15-27)24-20-8-6-7-9-21(20)25(29-24)30-19-12-10-18(11-13-19)26(3,4)5/h6-14,28-29H,2H2,1,3-5H3. The first-order valence-corrected chi connectivity index (χ1v) is 10.8. The second kappa shape index (κ2) is 7.59. The molecule has 2 N–H and O–H groups in total. The van der Waals surface area contributed by atoms with Gasteiger partial charge in [0.15, 0.2) is 0 Å². The van der Waals surface area contributed by atoms with Crippen molar-refractivity contribution in [2.24, 2.45) is 0 Å². The second-order valence-corrected chi connectivity index (χ2v) is 9.67. The number of H-pyrrole nitrogens is 2. The first kappa shape index (κ1) is 20.1. The molecule has 0 unspecified atom stereocenters. The Morgan fingerprint density at radius 2 is 1.67 bits per heavy atom. The molecule has 4 heteroatoms. The van der Waals surface area contributed by atoms with E-state index in [9.17, 15) is 5.26 Å². The van der Waals surface area contributed by atoms with Crippen LogP contribution in [0.5, 0.6) is 0 Å². The van der Waals surface area contributed by atoms with Gasteiger partial charge in [-0.25, -0.2) is 0 Å². The first-order chi connectivity index (χ1) is 14.3. The van der Waals surface area contributed by atoms with E-state index in [1.54, 1.807) is 11.8 Å². The van der Waals surface area contributed by atoms with Gasteiger partial charge in [0.05, 0.1) is 21.6 Å². The molecule has 0 aliphatic heterocycles. The molecule has 4 rings (SSSR count). The summed E-state index contributed by atoms with van der Waals surface area (Å²) in [5.41, 5.74) is 3.91. The zero-order valence-corrected chi connectivity index (χ0v) is 18.6. The molecule has 0 aliphatic rings. The molecular formula is C26H25N3S. The highest BCUT2D eigenvalue weighted by Gasteiger charge is 2.17. The Morgan fingerprint density at radius 1 is 1.00 bits per heavy atom. The van der Waals surface area contributed by atoms with Crippen LogP contribution in [0.1, 0.15) is 37.6 Å². The molecule has 0 saturated carbocycles. The topological polar surface area (TPSA) is 55.4 Å². The summed E-state index contributed by atoms with van der Waals surface area (Å²) in [6.45, 7) is 12.6. The molecule has 3 nitrogen and oxygen atoms in total. The Morgan fingerprint density at radius 3 is 2.23 bits per heavy atom. The van der Waals surface area contributed by atoms with Crippen molar-refractivity contribution in [1.82, 2.24) is 9.97 Å². The van der Waals surface area contributed by atoms with Gasteiger partial charge in [-0.05, 0) is 41.7 Å². The number of aromatic amines is 2. The highest BCUT2D eigenvalue weighted by Crippen LogP contribution is 2.37. The number of hydrogen-bond donors (Lipinski definition) is 2.